The van der Waals surface area contributed by atoms with Crippen LogP contribution in [0.4, 0.5) is 0 Å². The Morgan fingerprint density at radius 3 is 2.89 bits per heavy atom. The molecule has 1 aromatic heterocycles. The second-order valence-corrected chi connectivity index (χ2v) is 2.80. The normalized spacial score (nSPS) is 10.0. The average molecular weight is 189 g/mol. The lowest BCUT2D eigenvalue weighted by molar-refractivity contribution is 0.532. The first-order valence-electron chi connectivity index (χ1n) is 2.93. The Morgan fingerprint density at radius 2 is 2.44 bits per heavy atom. The van der Waals surface area contributed by atoms with Crippen molar-refractivity contribution >= 4 is 15.9 Å². The summed E-state index contributed by atoms with van der Waals surface area (Å²) < 4.78 is 5.10. The Morgan fingerprint density at radius 1 is 1.67 bits per heavy atom. The number of hydrogen-bond donors (Lipinski definition) is 0. The molecule has 0 unspecified atom stereocenters. The summed E-state index contributed by atoms with van der Waals surface area (Å²) in [6, 6.07) is 2.06. The number of aryl methyl sites for hydroxylation is 2. The van der Waals surface area contributed by atoms with E-state index in [4.69, 9.17) is 4.42 Å². The van der Waals surface area contributed by atoms with Gasteiger partial charge in [0, 0.05) is 5.33 Å². The molecule has 0 radical (unpaired) electrons. The Labute approximate surface area is 63.2 Å². The lowest BCUT2D eigenvalue weighted by atomic mass is 10.2. The SMILES string of the molecule is Cc1cc(CCBr)co1. The molecule has 0 aliphatic rings. The molecular formula is C7H9BrO. The van der Waals surface area contributed by atoms with Crippen molar-refractivity contribution in [2.45, 2.75) is 13.3 Å². The predicted octanol–water partition coefficient (Wildman–Crippen LogP) is 2.53. The molecule has 0 saturated carbocycles. The van der Waals surface area contributed by atoms with Crippen molar-refractivity contribution in [1.29, 1.82) is 0 Å². The van der Waals surface area contributed by atoms with Gasteiger partial charge in [0.25, 0.3) is 0 Å². The second-order valence-electron chi connectivity index (χ2n) is 2.00. The van der Waals surface area contributed by atoms with Crippen molar-refractivity contribution < 1.29 is 4.42 Å². The highest BCUT2D eigenvalue weighted by molar-refractivity contribution is 9.09. The molecule has 0 bridgehead atoms. The predicted molar refractivity (Wildman–Crippen MR) is 40.9 cm³/mol. The van der Waals surface area contributed by atoms with E-state index in [0.29, 0.717) is 0 Å². The van der Waals surface area contributed by atoms with Gasteiger partial charge < -0.3 is 4.42 Å². The number of hydrogen-bond acceptors (Lipinski definition) is 1. The van der Waals surface area contributed by atoms with Crippen molar-refractivity contribution in [3.05, 3.63) is 23.7 Å². The van der Waals surface area contributed by atoms with Crippen LogP contribution in [0.5, 0.6) is 0 Å². The summed E-state index contributed by atoms with van der Waals surface area (Å²) >= 11 is 3.35. The van der Waals surface area contributed by atoms with Gasteiger partial charge >= 0.3 is 0 Å². The minimum absolute atomic E-state index is 0.992. The Hall–Kier alpha value is -0.240. The van der Waals surface area contributed by atoms with Crippen LogP contribution in [0.15, 0.2) is 16.7 Å². The molecular weight excluding hydrogens is 180 g/mol. The molecule has 1 nitrogen and oxygen atoms in total. The summed E-state index contributed by atoms with van der Waals surface area (Å²) in [7, 11) is 0. The Bertz CT molecular complexity index is 181. The molecule has 50 valence electrons. The van der Waals surface area contributed by atoms with Gasteiger partial charge in [-0.15, -0.1) is 0 Å². The van der Waals surface area contributed by atoms with Crippen molar-refractivity contribution in [3.63, 3.8) is 0 Å². The number of furan rings is 1. The first-order chi connectivity index (χ1) is 4.33. The van der Waals surface area contributed by atoms with Gasteiger partial charge in [0.05, 0.1) is 6.26 Å². The maximum atomic E-state index is 5.10. The molecule has 0 atom stereocenters. The second kappa shape index (κ2) is 3.06. The van der Waals surface area contributed by atoms with Crippen LogP contribution in [-0.4, -0.2) is 5.33 Å². The van der Waals surface area contributed by atoms with E-state index in [-0.39, 0.29) is 0 Å². The quantitative estimate of drug-likeness (QED) is 0.651. The van der Waals surface area contributed by atoms with Gasteiger partial charge in [-0.25, -0.2) is 0 Å². The van der Waals surface area contributed by atoms with Crippen LogP contribution in [0.25, 0.3) is 0 Å². The van der Waals surface area contributed by atoms with Crippen molar-refractivity contribution in [1.82, 2.24) is 0 Å². The summed E-state index contributed by atoms with van der Waals surface area (Å²) in [5.74, 6) is 0.992. The lowest BCUT2D eigenvalue weighted by Gasteiger charge is -1.83. The molecule has 0 aliphatic carbocycles. The fourth-order valence-corrected chi connectivity index (χ4v) is 1.20. The van der Waals surface area contributed by atoms with Gasteiger partial charge in [0.2, 0.25) is 0 Å². The summed E-state index contributed by atoms with van der Waals surface area (Å²) in [5, 5.41) is 1.01. The van der Waals surface area contributed by atoms with Crippen LogP contribution in [0, 0.1) is 6.92 Å². The Balaban J connectivity index is 2.61. The molecule has 9 heavy (non-hydrogen) atoms. The zero-order valence-corrected chi connectivity index (χ0v) is 6.94. The zero-order chi connectivity index (χ0) is 6.69. The van der Waals surface area contributed by atoms with Crippen LogP contribution in [0.1, 0.15) is 11.3 Å². The standard InChI is InChI=1S/C7H9BrO/c1-6-4-7(2-3-8)5-9-6/h4-5H,2-3H2,1H3. The van der Waals surface area contributed by atoms with E-state index in [0.717, 1.165) is 17.5 Å². The van der Waals surface area contributed by atoms with Gasteiger partial charge in [-0.2, -0.15) is 0 Å². The van der Waals surface area contributed by atoms with E-state index in [2.05, 4.69) is 22.0 Å². The topological polar surface area (TPSA) is 13.1 Å². The monoisotopic (exact) mass is 188 g/mol. The highest BCUT2D eigenvalue weighted by Crippen LogP contribution is 2.07. The fraction of sp³-hybridized carbons (Fsp3) is 0.429. The molecule has 0 saturated heterocycles. The van der Waals surface area contributed by atoms with Crippen molar-refractivity contribution in [2.24, 2.45) is 0 Å². The van der Waals surface area contributed by atoms with E-state index in [1.165, 1.54) is 5.56 Å². The lowest BCUT2D eigenvalue weighted by Crippen LogP contribution is -1.78. The number of rotatable bonds is 2. The molecule has 1 aromatic rings. The molecule has 0 spiro atoms. The van der Waals surface area contributed by atoms with Crippen LogP contribution >= 0.6 is 15.9 Å². The minimum atomic E-state index is 0.992. The van der Waals surface area contributed by atoms with Crippen LogP contribution < -0.4 is 0 Å². The maximum Gasteiger partial charge on any atom is 0.100 e. The van der Waals surface area contributed by atoms with Gasteiger partial charge in [-0.05, 0) is 25.0 Å². The smallest absolute Gasteiger partial charge is 0.100 e. The summed E-state index contributed by atoms with van der Waals surface area (Å²) in [5.41, 5.74) is 1.27. The molecule has 1 rings (SSSR count). The molecule has 0 aliphatic heterocycles. The van der Waals surface area contributed by atoms with Gasteiger partial charge in [-0.3, -0.25) is 0 Å². The number of halogens is 1. The largest absolute Gasteiger partial charge is 0.469 e. The van der Waals surface area contributed by atoms with E-state index in [1.807, 2.05) is 6.92 Å². The number of alkyl halides is 1. The maximum absolute atomic E-state index is 5.10. The van der Waals surface area contributed by atoms with Gasteiger partial charge in [0.1, 0.15) is 5.76 Å². The van der Waals surface area contributed by atoms with E-state index in [9.17, 15) is 0 Å². The van der Waals surface area contributed by atoms with Crippen molar-refractivity contribution in [2.75, 3.05) is 5.33 Å². The van der Waals surface area contributed by atoms with Crippen molar-refractivity contribution in [3.8, 4) is 0 Å². The zero-order valence-electron chi connectivity index (χ0n) is 5.36. The third-order valence-electron chi connectivity index (χ3n) is 1.17. The molecule has 0 aromatic carbocycles. The first kappa shape index (κ1) is 6.87. The molecule has 0 fully saturated rings. The summed E-state index contributed by atoms with van der Waals surface area (Å²) in [4.78, 5) is 0. The molecule has 0 N–H and O–H groups in total. The van der Waals surface area contributed by atoms with Gasteiger partial charge in [-0.1, -0.05) is 15.9 Å². The van der Waals surface area contributed by atoms with Crippen LogP contribution in [0.2, 0.25) is 0 Å². The van der Waals surface area contributed by atoms with E-state index >= 15 is 0 Å². The van der Waals surface area contributed by atoms with E-state index < -0.39 is 0 Å². The molecule has 1 heterocycles. The highest BCUT2D eigenvalue weighted by Gasteiger charge is 1.94. The third-order valence-corrected chi connectivity index (χ3v) is 1.56. The average Bonchev–Trinajstić information content (AvgIpc) is 2.17. The van der Waals surface area contributed by atoms with Gasteiger partial charge in [0.15, 0.2) is 0 Å². The molecule has 0 amide bonds. The van der Waals surface area contributed by atoms with Crippen LogP contribution in [-0.2, 0) is 6.42 Å². The fourth-order valence-electron chi connectivity index (χ4n) is 0.738. The Kier molecular flexibility index (Phi) is 2.34. The third kappa shape index (κ3) is 1.86. The molecule has 2 heteroatoms. The first-order valence-corrected chi connectivity index (χ1v) is 4.05. The summed E-state index contributed by atoms with van der Waals surface area (Å²) in [6.07, 6.45) is 2.86. The summed E-state index contributed by atoms with van der Waals surface area (Å²) in [6.45, 7) is 1.96. The minimum Gasteiger partial charge on any atom is -0.469 e. The van der Waals surface area contributed by atoms with Crippen LogP contribution in [0.3, 0.4) is 0 Å². The van der Waals surface area contributed by atoms with E-state index in [1.54, 1.807) is 6.26 Å². The highest BCUT2D eigenvalue weighted by atomic mass is 79.9.